The average molecular weight is 347 g/mol. The fourth-order valence-corrected chi connectivity index (χ4v) is 3.26. The van der Waals surface area contributed by atoms with Crippen LogP contribution in [0, 0.1) is 0 Å². The summed E-state index contributed by atoms with van der Waals surface area (Å²) < 4.78 is 28.5. The lowest BCUT2D eigenvalue weighted by Gasteiger charge is -2.31. The van der Waals surface area contributed by atoms with E-state index in [1.54, 1.807) is 30.3 Å². The summed E-state index contributed by atoms with van der Waals surface area (Å²) in [7, 11) is -3.85. The highest BCUT2D eigenvalue weighted by atomic mass is 32.2. The number of rotatable bonds is 7. The molecule has 24 heavy (non-hydrogen) atoms. The predicted molar refractivity (Wildman–Crippen MR) is 93.1 cm³/mol. The monoisotopic (exact) mass is 347 g/mol. The van der Waals surface area contributed by atoms with Crippen molar-refractivity contribution in [3.63, 3.8) is 0 Å². The average Bonchev–Trinajstić information content (AvgIpc) is 2.54. The first-order chi connectivity index (χ1) is 11.2. The van der Waals surface area contributed by atoms with Gasteiger partial charge in [-0.2, -0.15) is 8.42 Å². The molecule has 128 valence electrons. The number of ketones is 1. The summed E-state index contributed by atoms with van der Waals surface area (Å²) in [6.45, 7) is 3.28. The standard InChI is InChI=1S/C18H21NO4S/c1-14(15-10-6-4-7-11-15)19-18(2,23-24(3,21)22)17(20)16-12-8-5-9-13-16/h4-14,19H,1-3H3/t14-,18+/m1/s1. The van der Waals surface area contributed by atoms with E-state index in [0.717, 1.165) is 11.8 Å². The molecule has 0 aliphatic heterocycles. The largest absolute Gasteiger partial charge is 0.289 e. The summed E-state index contributed by atoms with van der Waals surface area (Å²) in [6.07, 6.45) is 0.929. The van der Waals surface area contributed by atoms with Crippen LogP contribution >= 0.6 is 0 Å². The minimum Gasteiger partial charge on any atom is -0.289 e. The Bertz CT molecular complexity index is 790. The summed E-state index contributed by atoms with van der Waals surface area (Å²) in [5.74, 6) is -0.448. The van der Waals surface area contributed by atoms with Gasteiger partial charge in [-0.05, 0) is 19.4 Å². The number of Topliss-reactive ketones (excluding diaryl/α,β-unsaturated/α-hetero) is 1. The van der Waals surface area contributed by atoms with Crippen LogP contribution in [0.3, 0.4) is 0 Å². The Labute approximate surface area is 142 Å². The summed E-state index contributed by atoms with van der Waals surface area (Å²) in [5, 5.41) is 3.01. The van der Waals surface area contributed by atoms with E-state index in [0.29, 0.717) is 5.56 Å². The van der Waals surface area contributed by atoms with Crippen LogP contribution in [0.5, 0.6) is 0 Å². The van der Waals surface area contributed by atoms with Crippen molar-refractivity contribution in [2.24, 2.45) is 0 Å². The highest BCUT2D eigenvalue weighted by Gasteiger charge is 2.39. The molecule has 2 aromatic carbocycles. The molecule has 0 saturated heterocycles. The Morgan fingerprint density at radius 2 is 1.54 bits per heavy atom. The number of hydrogen-bond donors (Lipinski definition) is 1. The zero-order chi connectivity index (χ0) is 17.8. The Morgan fingerprint density at radius 3 is 2.04 bits per heavy atom. The Balaban J connectivity index is 2.35. The van der Waals surface area contributed by atoms with Crippen molar-refractivity contribution < 1.29 is 17.4 Å². The summed E-state index contributed by atoms with van der Waals surface area (Å²) in [4.78, 5) is 12.9. The SMILES string of the molecule is C[C@@H](N[C@@](C)(OS(C)(=O)=O)C(=O)c1ccccc1)c1ccccc1. The lowest BCUT2D eigenvalue weighted by Crippen LogP contribution is -2.53. The molecule has 0 unspecified atom stereocenters. The van der Waals surface area contributed by atoms with Gasteiger partial charge >= 0.3 is 0 Å². The van der Waals surface area contributed by atoms with Crippen LogP contribution in [-0.4, -0.2) is 26.2 Å². The second-order valence-electron chi connectivity index (χ2n) is 5.79. The summed E-state index contributed by atoms with van der Waals surface area (Å²) >= 11 is 0. The zero-order valence-corrected chi connectivity index (χ0v) is 14.7. The van der Waals surface area contributed by atoms with Crippen molar-refractivity contribution >= 4 is 15.9 Å². The van der Waals surface area contributed by atoms with E-state index in [-0.39, 0.29) is 6.04 Å². The number of carbonyl (C=O) groups excluding carboxylic acids is 1. The van der Waals surface area contributed by atoms with Crippen molar-refractivity contribution in [3.05, 3.63) is 71.8 Å². The van der Waals surface area contributed by atoms with Crippen LogP contribution in [0.2, 0.25) is 0 Å². The topological polar surface area (TPSA) is 72.5 Å². The molecule has 2 atom stereocenters. The first kappa shape index (κ1) is 18.3. The van der Waals surface area contributed by atoms with Gasteiger partial charge in [0, 0.05) is 11.6 Å². The zero-order valence-electron chi connectivity index (χ0n) is 13.9. The molecular weight excluding hydrogens is 326 g/mol. The van der Waals surface area contributed by atoms with E-state index in [4.69, 9.17) is 4.18 Å². The van der Waals surface area contributed by atoms with E-state index >= 15 is 0 Å². The number of nitrogens with one attached hydrogen (secondary N) is 1. The van der Waals surface area contributed by atoms with E-state index in [9.17, 15) is 13.2 Å². The van der Waals surface area contributed by atoms with Gasteiger partial charge in [-0.25, -0.2) is 4.18 Å². The normalized spacial score (nSPS) is 15.5. The minimum absolute atomic E-state index is 0.286. The van der Waals surface area contributed by atoms with E-state index < -0.39 is 21.6 Å². The first-order valence-electron chi connectivity index (χ1n) is 7.54. The molecular formula is C18H21NO4S. The molecule has 0 spiro atoms. The van der Waals surface area contributed by atoms with Gasteiger partial charge in [0.1, 0.15) is 0 Å². The quantitative estimate of drug-likeness (QED) is 0.474. The maximum absolute atomic E-state index is 12.9. The molecule has 0 saturated carbocycles. The lowest BCUT2D eigenvalue weighted by atomic mass is 10.00. The molecule has 5 nitrogen and oxygen atoms in total. The molecule has 0 aliphatic rings. The van der Waals surface area contributed by atoms with Gasteiger partial charge in [-0.15, -0.1) is 0 Å². The van der Waals surface area contributed by atoms with E-state index in [1.165, 1.54) is 6.92 Å². The molecule has 2 aromatic rings. The number of hydrogen-bond acceptors (Lipinski definition) is 5. The fraction of sp³-hybridized carbons (Fsp3) is 0.278. The third-order valence-electron chi connectivity index (χ3n) is 3.58. The van der Waals surface area contributed by atoms with Crippen LogP contribution < -0.4 is 5.32 Å². The number of carbonyl (C=O) groups is 1. The second-order valence-corrected chi connectivity index (χ2v) is 7.37. The van der Waals surface area contributed by atoms with Gasteiger partial charge in [0.2, 0.25) is 5.78 Å². The van der Waals surface area contributed by atoms with Crippen LogP contribution in [0.15, 0.2) is 60.7 Å². The maximum Gasteiger partial charge on any atom is 0.266 e. The van der Waals surface area contributed by atoms with Crippen LogP contribution in [0.25, 0.3) is 0 Å². The van der Waals surface area contributed by atoms with Gasteiger partial charge in [0.25, 0.3) is 10.1 Å². The van der Waals surface area contributed by atoms with Crippen molar-refractivity contribution in [1.82, 2.24) is 5.32 Å². The maximum atomic E-state index is 12.9. The summed E-state index contributed by atoms with van der Waals surface area (Å²) in [6, 6.07) is 17.6. The Kier molecular flexibility index (Phi) is 5.54. The molecule has 1 N–H and O–H groups in total. The molecule has 0 heterocycles. The highest BCUT2D eigenvalue weighted by molar-refractivity contribution is 7.86. The smallest absolute Gasteiger partial charge is 0.266 e. The van der Waals surface area contributed by atoms with Gasteiger partial charge in [0.05, 0.1) is 6.26 Å². The molecule has 0 aromatic heterocycles. The van der Waals surface area contributed by atoms with Crippen molar-refractivity contribution in [1.29, 1.82) is 0 Å². The van der Waals surface area contributed by atoms with Gasteiger partial charge in [0.15, 0.2) is 5.72 Å². The molecule has 0 fully saturated rings. The predicted octanol–water partition coefficient (Wildman–Crippen LogP) is 2.91. The van der Waals surface area contributed by atoms with Gasteiger partial charge in [-0.1, -0.05) is 60.7 Å². The van der Waals surface area contributed by atoms with E-state index in [2.05, 4.69) is 5.32 Å². The first-order valence-corrected chi connectivity index (χ1v) is 9.36. The number of benzene rings is 2. The summed E-state index contributed by atoms with van der Waals surface area (Å²) in [5.41, 5.74) is -0.414. The van der Waals surface area contributed by atoms with Crippen LogP contribution in [-0.2, 0) is 14.3 Å². The molecule has 0 aliphatic carbocycles. The van der Waals surface area contributed by atoms with E-state index in [1.807, 2.05) is 37.3 Å². The van der Waals surface area contributed by atoms with Gasteiger partial charge < -0.3 is 0 Å². The minimum atomic E-state index is -3.85. The molecule has 0 bridgehead atoms. The molecule has 6 heteroatoms. The van der Waals surface area contributed by atoms with Crippen molar-refractivity contribution in [3.8, 4) is 0 Å². The Hall–Kier alpha value is -2.02. The highest BCUT2D eigenvalue weighted by Crippen LogP contribution is 2.23. The third-order valence-corrected chi connectivity index (χ3v) is 4.21. The second kappa shape index (κ2) is 7.25. The third kappa shape index (κ3) is 4.74. The fourth-order valence-electron chi connectivity index (χ4n) is 2.53. The molecule has 2 rings (SSSR count). The Morgan fingerprint density at radius 1 is 1.04 bits per heavy atom. The molecule has 0 radical (unpaired) electrons. The van der Waals surface area contributed by atoms with Crippen LogP contribution in [0.1, 0.15) is 35.8 Å². The van der Waals surface area contributed by atoms with Gasteiger partial charge in [-0.3, -0.25) is 10.1 Å². The van der Waals surface area contributed by atoms with Crippen molar-refractivity contribution in [2.75, 3.05) is 6.26 Å². The lowest BCUT2D eigenvalue weighted by molar-refractivity contribution is 0.0358. The van der Waals surface area contributed by atoms with Crippen LogP contribution in [0.4, 0.5) is 0 Å². The molecule has 0 amide bonds. The van der Waals surface area contributed by atoms with Crippen molar-refractivity contribution in [2.45, 2.75) is 25.6 Å².